The molecule has 1 aliphatic heterocycles. The molecule has 1 saturated carbocycles. The van der Waals surface area contributed by atoms with Crippen LogP contribution < -0.4 is 4.74 Å². The molecule has 2 aromatic rings. The molecule has 2 aliphatic rings. The lowest BCUT2D eigenvalue weighted by atomic mass is 10.1. The summed E-state index contributed by atoms with van der Waals surface area (Å²) in [6.07, 6.45) is 6.02. The second kappa shape index (κ2) is 6.87. The molecule has 6 nitrogen and oxygen atoms in total. The van der Waals surface area contributed by atoms with Crippen molar-refractivity contribution in [1.82, 2.24) is 9.47 Å². The van der Waals surface area contributed by atoms with Gasteiger partial charge in [-0.3, -0.25) is 4.79 Å². The minimum atomic E-state index is -3.08. The lowest BCUT2D eigenvalue weighted by Gasteiger charge is -2.29. The van der Waals surface area contributed by atoms with E-state index in [1.54, 1.807) is 17.0 Å². The van der Waals surface area contributed by atoms with Crippen molar-refractivity contribution in [2.45, 2.75) is 31.3 Å². The molecule has 0 spiro atoms. The van der Waals surface area contributed by atoms with E-state index in [0.717, 1.165) is 18.5 Å². The van der Waals surface area contributed by atoms with Crippen LogP contribution in [0.4, 0.5) is 0 Å². The topological polar surface area (TPSA) is 68.6 Å². The van der Waals surface area contributed by atoms with E-state index in [0.29, 0.717) is 22.8 Å². The van der Waals surface area contributed by atoms with E-state index in [1.807, 2.05) is 29.1 Å². The molecule has 2 fully saturated rings. The average molecular weight is 409 g/mol. The summed E-state index contributed by atoms with van der Waals surface area (Å²) >= 11 is 6.46. The molecule has 1 aromatic carbocycles. The van der Waals surface area contributed by atoms with Crippen LogP contribution >= 0.6 is 11.6 Å². The number of carbonyl (C=O) groups excluding carboxylic acids is 1. The quantitative estimate of drug-likeness (QED) is 0.762. The second-order valence-electron chi connectivity index (χ2n) is 7.09. The number of hydrogen-bond donors (Lipinski definition) is 0. The van der Waals surface area contributed by atoms with Crippen molar-refractivity contribution in [3.05, 3.63) is 47.2 Å². The number of ether oxygens (including phenoxy) is 1. The van der Waals surface area contributed by atoms with Crippen molar-refractivity contribution in [2.24, 2.45) is 0 Å². The molecule has 27 heavy (non-hydrogen) atoms. The van der Waals surface area contributed by atoms with Crippen molar-refractivity contribution in [1.29, 1.82) is 0 Å². The minimum Gasteiger partial charge on any atom is -0.496 e. The van der Waals surface area contributed by atoms with Gasteiger partial charge in [0.2, 0.25) is 0 Å². The highest BCUT2D eigenvalue weighted by molar-refractivity contribution is 7.91. The second-order valence-corrected chi connectivity index (χ2v) is 9.73. The van der Waals surface area contributed by atoms with Gasteiger partial charge in [-0.15, -0.1) is 0 Å². The third kappa shape index (κ3) is 3.58. The Kier molecular flexibility index (Phi) is 4.68. The highest BCUT2D eigenvalue weighted by atomic mass is 35.5. The third-order valence-electron chi connectivity index (χ3n) is 5.16. The Hall–Kier alpha value is -1.99. The van der Waals surface area contributed by atoms with Crippen LogP contribution in [-0.4, -0.2) is 54.5 Å². The summed E-state index contributed by atoms with van der Waals surface area (Å²) < 4.78 is 31.2. The van der Waals surface area contributed by atoms with Crippen LogP contribution in [0, 0.1) is 0 Å². The molecule has 1 aromatic heterocycles. The number of methoxy groups -OCH3 is 1. The van der Waals surface area contributed by atoms with Gasteiger partial charge in [0, 0.05) is 30.5 Å². The maximum Gasteiger partial charge on any atom is 0.258 e. The molecule has 2 heterocycles. The fourth-order valence-electron chi connectivity index (χ4n) is 3.69. The first-order valence-corrected chi connectivity index (χ1v) is 11.1. The van der Waals surface area contributed by atoms with E-state index in [-0.39, 0.29) is 29.5 Å². The third-order valence-corrected chi connectivity index (χ3v) is 7.21. The molecule has 0 bridgehead atoms. The van der Waals surface area contributed by atoms with Gasteiger partial charge in [0.25, 0.3) is 5.91 Å². The van der Waals surface area contributed by atoms with E-state index in [2.05, 4.69) is 0 Å². The molecule has 0 radical (unpaired) electrons. The molecular formula is C19H21ClN2O4S. The summed E-state index contributed by atoms with van der Waals surface area (Å²) in [5, 5.41) is 0.435. The highest BCUT2D eigenvalue weighted by Crippen LogP contribution is 2.37. The zero-order valence-electron chi connectivity index (χ0n) is 15.0. The molecule has 8 heteroatoms. The summed E-state index contributed by atoms with van der Waals surface area (Å²) in [4.78, 5) is 15.1. The van der Waals surface area contributed by atoms with Crippen LogP contribution in [0.15, 0.2) is 36.7 Å². The lowest BCUT2D eigenvalue weighted by molar-refractivity contribution is 0.0677. The van der Waals surface area contributed by atoms with Crippen LogP contribution in [0.25, 0.3) is 5.69 Å². The van der Waals surface area contributed by atoms with E-state index in [9.17, 15) is 13.2 Å². The van der Waals surface area contributed by atoms with E-state index < -0.39 is 9.84 Å². The summed E-state index contributed by atoms with van der Waals surface area (Å²) in [5.41, 5.74) is 1.09. The lowest BCUT2D eigenvalue weighted by Crippen LogP contribution is -2.42. The van der Waals surface area contributed by atoms with E-state index in [1.165, 1.54) is 7.11 Å². The predicted octanol–water partition coefficient (Wildman–Crippen LogP) is 2.93. The maximum atomic E-state index is 13.3. The van der Waals surface area contributed by atoms with Gasteiger partial charge in [-0.1, -0.05) is 11.6 Å². The van der Waals surface area contributed by atoms with Crippen molar-refractivity contribution >= 4 is 27.3 Å². The molecule has 1 saturated heterocycles. The first-order chi connectivity index (χ1) is 12.9. The molecule has 144 valence electrons. The number of amides is 1. The van der Waals surface area contributed by atoms with Crippen LogP contribution in [0.1, 0.15) is 29.6 Å². The van der Waals surface area contributed by atoms with Crippen molar-refractivity contribution < 1.29 is 17.9 Å². The number of hydrogen-bond acceptors (Lipinski definition) is 4. The normalized spacial score (nSPS) is 21.2. The van der Waals surface area contributed by atoms with Crippen molar-refractivity contribution in [3.63, 3.8) is 0 Å². The summed E-state index contributed by atoms with van der Waals surface area (Å²) in [5.74, 6) is 0.391. The summed E-state index contributed by atoms with van der Waals surface area (Å²) in [7, 11) is -1.56. The fraction of sp³-hybridized carbons (Fsp3) is 0.421. The van der Waals surface area contributed by atoms with Crippen molar-refractivity contribution in [3.8, 4) is 11.4 Å². The Bertz CT molecular complexity index is 968. The zero-order chi connectivity index (χ0) is 19.2. The van der Waals surface area contributed by atoms with Crippen LogP contribution in [0.2, 0.25) is 5.02 Å². The Morgan fingerprint density at radius 3 is 2.44 bits per heavy atom. The van der Waals surface area contributed by atoms with Gasteiger partial charge in [-0.2, -0.15) is 0 Å². The number of carbonyl (C=O) groups is 1. The van der Waals surface area contributed by atoms with Crippen LogP contribution in [0.5, 0.6) is 5.75 Å². The Morgan fingerprint density at radius 1 is 1.19 bits per heavy atom. The standard InChI is InChI=1S/C19H21ClN2O4S/c1-26-18-11-17(21-7-2-3-8-21)16(20)10-15(18)19(23)22(13-4-5-13)14-6-9-27(24,25)12-14/h2-3,7-8,10-11,13-14H,4-6,9,12H2,1H3. The summed E-state index contributed by atoms with van der Waals surface area (Å²) in [6.45, 7) is 0. The predicted molar refractivity (Wildman–Crippen MR) is 104 cm³/mol. The molecular weight excluding hydrogens is 388 g/mol. The smallest absolute Gasteiger partial charge is 0.258 e. The first kappa shape index (κ1) is 18.4. The first-order valence-electron chi connectivity index (χ1n) is 8.93. The van der Waals surface area contributed by atoms with Gasteiger partial charge in [-0.05, 0) is 37.5 Å². The molecule has 1 unspecified atom stereocenters. The largest absolute Gasteiger partial charge is 0.496 e. The van der Waals surface area contributed by atoms with E-state index >= 15 is 0 Å². The van der Waals surface area contributed by atoms with Gasteiger partial charge in [0.15, 0.2) is 9.84 Å². The molecule has 4 rings (SSSR count). The Labute approximate surface area is 163 Å². The molecule has 0 N–H and O–H groups in total. The number of halogens is 1. The Balaban J connectivity index is 1.71. The highest BCUT2D eigenvalue weighted by Gasteiger charge is 2.43. The van der Waals surface area contributed by atoms with Gasteiger partial charge in [-0.25, -0.2) is 8.42 Å². The van der Waals surface area contributed by atoms with Crippen LogP contribution in [0.3, 0.4) is 0 Å². The number of aromatic nitrogens is 1. The zero-order valence-corrected chi connectivity index (χ0v) is 16.5. The Morgan fingerprint density at radius 2 is 1.89 bits per heavy atom. The SMILES string of the molecule is COc1cc(-n2cccc2)c(Cl)cc1C(=O)N(C1CC1)C1CCS(=O)(=O)C1. The maximum absolute atomic E-state index is 13.3. The van der Waals surface area contributed by atoms with Gasteiger partial charge in [0.1, 0.15) is 5.75 Å². The number of rotatable bonds is 5. The monoisotopic (exact) mass is 408 g/mol. The minimum absolute atomic E-state index is 0.0345. The van der Waals surface area contributed by atoms with Gasteiger partial charge < -0.3 is 14.2 Å². The number of sulfone groups is 1. The fourth-order valence-corrected chi connectivity index (χ4v) is 5.66. The summed E-state index contributed by atoms with van der Waals surface area (Å²) in [6, 6.07) is 6.96. The van der Waals surface area contributed by atoms with Crippen molar-refractivity contribution in [2.75, 3.05) is 18.6 Å². The molecule has 1 aliphatic carbocycles. The number of benzene rings is 1. The molecule has 1 atom stereocenters. The van der Waals surface area contributed by atoms with Gasteiger partial charge >= 0.3 is 0 Å². The van der Waals surface area contributed by atoms with Gasteiger partial charge in [0.05, 0.1) is 34.9 Å². The van der Waals surface area contributed by atoms with E-state index in [4.69, 9.17) is 16.3 Å². The van der Waals surface area contributed by atoms with Crippen LogP contribution in [-0.2, 0) is 9.84 Å². The molecule has 1 amide bonds. The number of nitrogens with zero attached hydrogens (tertiary/aromatic N) is 2. The average Bonchev–Trinajstić information content (AvgIpc) is 3.17.